The van der Waals surface area contributed by atoms with Gasteiger partial charge in [-0.2, -0.15) is 0 Å². The fourth-order valence-corrected chi connectivity index (χ4v) is 2.67. The number of alkyl halides is 1. The molecule has 0 saturated carbocycles. The third-order valence-electron chi connectivity index (χ3n) is 3.36. The first-order chi connectivity index (χ1) is 9.52. The van der Waals surface area contributed by atoms with Crippen LogP contribution in [0.3, 0.4) is 0 Å². The highest BCUT2D eigenvalue weighted by Gasteiger charge is 2.13. The van der Waals surface area contributed by atoms with E-state index in [2.05, 4.69) is 54.0 Å². The minimum atomic E-state index is -0.340. The van der Waals surface area contributed by atoms with Gasteiger partial charge in [-0.25, -0.2) is 4.39 Å². The molecule has 20 heavy (non-hydrogen) atoms. The topological polar surface area (TPSA) is 9.23 Å². The van der Waals surface area contributed by atoms with Crippen molar-refractivity contribution in [3.63, 3.8) is 0 Å². The minimum Gasteiger partial charge on any atom is -0.494 e. The third-order valence-corrected chi connectivity index (χ3v) is 4.42. The molecule has 2 rings (SSSR count). The van der Waals surface area contributed by atoms with Gasteiger partial charge in [-0.05, 0) is 34.7 Å². The van der Waals surface area contributed by atoms with Crippen LogP contribution in [0.4, 0.5) is 4.39 Å². The van der Waals surface area contributed by atoms with E-state index >= 15 is 0 Å². The number of halogens is 2. The highest BCUT2D eigenvalue weighted by molar-refractivity contribution is 9.09. The molecule has 1 unspecified atom stereocenters. The Morgan fingerprint density at radius 2 is 1.50 bits per heavy atom. The average molecular weight is 337 g/mol. The second-order valence-corrected chi connectivity index (χ2v) is 5.99. The molecule has 2 aromatic rings. The minimum absolute atomic E-state index is 0.0240. The molecule has 0 heterocycles. The highest BCUT2D eigenvalue weighted by atomic mass is 79.9. The fraction of sp³-hybridized carbons (Fsp3) is 0.294. The molecule has 3 heteroatoms. The predicted octanol–water partition coefficient (Wildman–Crippen LogP) is 5.44. The van der Waals surface area contributed by atoms with Gasteiger partial charge in [-0.15, -0.1) is 0 Å². The second kappa shape index (κ2) is 6.40. The summed E-state index contributed by atoms with van der Waals surface area (Å²) in [6.07, 6.45) is 0. The van der Waals surface area contributed by atoms with Gasteiger partial charge in [-0.3, -0.25) is 0 Å². The Hall–Kier alpha value is -1.35. The van der Waals surface area contributed by atoms with Crippen LogP contribution >= 0.6 is 15.9 Å². The zero-order chi connectivity index (χ0) is 14.7. The number of hydrogen-bond acceptors (Lipinski definition) is 1. The van der Waals surface area contributed by atoms with E-state index in [1.807, 2.05) is 6.07 Å². The van der Waals surface area contributed by atoms with Gasteiger partial charge in [0.2, 0.25) is 0 Å². The molecule has 0 aliphatic rings. The maximum Gasteiger partial charge on any atom is 0.165 e. The lowest BCUT2D eigenvalue weighted by Gasteiger charge is -2.13. The normalized spacial score (nSPS) is 12.5. The largest absolute Gasteiger partial charge is 0.494 e. The molecule has 106 valence electrons. The van der Waals surface area contributed by atoms with Gasteiger partial charge in [0.1, 0.15) is 0 Å². The summed E-state index contributed by atoms with van der Waals surface area (Å²) in [6, 6.07) is 13.4. The fourth-order valence-electron chi connectivity index (χ4n) is 2.08. The van der Waals surface area contributed by atoms with Crippen LogP contribution < -0.4 is 4.74 Å². The summed E-state index contributed by atoms with van der Waals surface area (Å²) in [5.74, 6) is 0.438. The van der Waals surface area contributed by atoms with E-state index in [9.17, 15) is 4.39 Å². The van der Waals surface area contributed by atoms with Crippen LogP contribution in [0.15, 0.2) is 42.5 Å². The van der Waals surface area contributed by atoms with Gasteiger partial charge in [-0.1, -0.05) is 60.1 Å². The molecule has 0 aliphatic carbocycles. The molecule has 1 atom stereocenters. The van der Waals surface area contributed by atoms with Crippen LogP contribution in [-0.2, 0) is 0 Å². The van der Waals surface area contributed by atoms with Crippen molar-refractivity contribution in [1.29, 1.82) is 0 Å². The summed E-state index contributed by atoms with van der Waals surface area (Å²) in [6.45, 7) is 4.33. The van der Waals surface area contributed by atoms with Crippen molar-refractivity contribution in [2.24, 2.45) is 0 Å². The van der Waals surface area contributed by atoms with Crippen LogP contribution in [0.5, 0.6) is 5.75 Å². The zero-order valence-electron chi connectivity index (χ0n) is 11.9. The Kier molecular flexibility index (Phi) is 4.81. The Morgan fingerprint density at radius 1 is 0.950 bits per heavy atom. The highest BCUT2D eigenvalue weighted by Crippen LogP contribution is 2.33. The molecule has 0 aliphatic heterocycles. The van der Waals surface area contributed by atoms with Gasteiger partial charge in [0, 0.05) is 0 Å². The summed E-state index contributed by atoms with van der Waals surface area (Å²) in [5, 5.41) is 0. The molecular formula is C17H18BrFO. The van der Waals surface area contributed by atoms with Crippen molar-refractivity contribution in [2.45, 2.75) is 24.6 Å². The maximum absolute atomic E-state index is 13.8. The van der Waals surface area contributed by atoms with Gasteiger partial charge < -0.3 is 4.74 Å². The molecule has 0 saturated heterocycles. The van der Waals surface area contributed by atoms with Crippen LogP contribution in [-0.4, -0.2) is 7.11 Å². The van der Waals surface area contributed by atoms with Crippen LogP contribution in [0, 0.1) is 5.82 Å². The number of hydrogen-bond donors (Lipinski definition) is 0. The first-order valence-corrected chi connectivity index (χ1v) is 7.52. The smallest absolute Gasteiger partial charge is 0.165 e. The summed E-state index contributed by atoms with van der Waals surface area (Å²) < 4.78 is 18.7. The molecule has 0 aromatic heterocycles. The second-order valence-electron chi connectivity index (χ2n) is 5.08. The Bertz CT molecular complexity index is 578. The summed E-state index contributed by atoms with van der Waals surface area (Å²) >= 11 is 3.63. The van der Waals surface area contributed by atoms with E-state index in [1.165, 1.54) is 18.7 Å². The van der Waals surface area contributed by atoms with Crippen LogP contribution in [0.2, 0.25) is 0 Å². The molecule has 0 radical (unpaired) electrons. The average Bonchev–Trinajstić information content (AvgIpc) is 2.46. The molecule has 2 aromatic carbocycles. The van der Waals surface area contributed by atoms with Crippen molar-refractivity contribution >= 4 is 15.9 Å². The summed E-state index contributed by atoms with van der Waals surface area (Å²) in [5.41, 5.74) is 3.29. The Labute approximate surface area is 127 Å². The monoisotopic (exact) mass is 336 g/mol. The van der Waals surface area contributed by atoms with Crippen molar-refractivity contribution in [1.82, 2.24) is 0 Å². The summed E-state index contributed by atoms with van der Waals surface area (Å²) in [7, 11) is 1.47. The van der Waals surface area contributed by atoms with E-state index in [-0.39, 0.29) is 16.4 Å². The molecule has 1 nitrogen and oxygen atoms in total. The quantitative estimate of drug-likeness (QED) is 0.675. The molecule has 0 N–H and O–H groups in total. The van der Waals surface area contributed by atoms with Crippen LogP contribution in [0.1, 0.15) is 41.3 Å². The van der Waals surface area contributed by atoms with Gasteiger partial charge >= 0.3 is 0 Å². The Balaban J connectivity index is 2.26. The molecule has 0 bridgehead atoms. The molecule has 0 fully saturated rings. The van der Waals surface area contributed by atoms with Crippen LogP contribution in [0.25, 0.3) is 0 Å². The molecule has 0 amide bonds. The molecular weight excluding hydrogens is 319 g/mol. The first kappa shape index (κ1) is 15.0. The van der Waals surface area contributed by atoms with Gasteiger partial charge in [0.05, 0.1) is 11.9 Å². The predicted molar refractivity (Wildman–Crippen MR) is 84.3 cm³/mol. The van der Waals surface area contributed by atoms with Crippen molar-refractivity contribution < 1.29 is 9.13 Å². The van der Waals surface area contributed by atoms with Crippen molar-refractivity contribution in [3.8, 4) is 5.75 Å². The van der Waals surface area contributed by atoms with E-state index < -0.39 is 0 Å². The lowest BCUT2D eigenvalue weighted by molar-refractivity contribution is 0.386. The van der Waals surface area contributed by atoms with Gasteiger partial charge in [0.15, 0.2) is 11.6 Å². The lowest BCUT2D eigenvalue weighted by atomic mass is 9.99. The first-order valence-electron chi connectivity index (χ1n) is 6.60. The SMILES string of the molecule is COc1ccc(C(Br)c2ccc(C(C)C)cc2)cc1F. The zero-order valence-corrected chi connectivity index (χ0v) is 13.4. The third kappa shape index (κ3) is 3.21. The number of rotatable bonds is 4. The standard InChI is InChI=1S/C17H18BrFO/c1-11(2)12-4-6-13(7-5-12)17(18)14-8-9-16(20-3)15(19)10-14/h4-11,17H,1-3H3. The molecule has 0 spiro atoms. The van der Waals surface area contributed by atoms with Gasteiger partial charge in [0.25, 0.3) is 0 Å². The van der Waals surface area contributed by atoms with Crippen molar-refractivity contribution in [2.75, 3.05) is 7.11 Å². The maximum atomic E-state index is 13.8. The lowest BCUT2D eigenvalue weighted by Crippen LogP contribution is -1.96. The van der Waals surface area contributed by atoms with E-state index in [0.717, 1.165) is 11.1 Å². The number of ether oxygens (including phenoxy) is 1. The number of methoxy groups -OCH3 is 1. The Morgan fingerprint density at radius 3 is 2.00 bits per heavy atom. The van der Waals surface area contributed by atoms with E-state index in [4.69, 9.17) is 4.74 Å². The number of benzene rings is 2. The van der Waals surface area contributed by atoms with Crippen molar-refractivity contribution in [3.05, 3.63) is 65.0 Å². The summed E-state index contributed by atoms with van der Waals surface area (Å²) in [4.78, 5) is -0.0240. The van der Waals surface area contributed by atoms with E-state index in [1.54, 1.807) is 6.07 Å². The van der Waals surface area contributed by atoms with E-state index in [0.29, 0.717) is 5.92 Å².